The molecule has 1 nitrogen and oxygen atoms in total. The Morgan fingerprint density at radius 2 is 2.00 bits per heavy atom. The van der Waals surface area contributed by atoms with Crippen molar-refractivity contribution < 1.29 is 53.8 Å². The summed E-state index contributed by atoms with van der Waals surface area (Å²) in [6.45, 7) is 4.85. The van der Waals surface area contributed by atoms with Gasteiger partial charge in [-0.1, -0.05) is 6.92 Å². The Labute approximate surface area is 123 Å². The summed E-state index contributed by atoms with van der Waals surface area (Å²) in [5, 5.41) is 0. The van der Waals surface area contributed by atoms with E-state index in [4.69, 9.17) is 0 Å². The molecule has 13 heavy (non-hydrogen) atoms. The second-order valence-electron chi connectivity index (χ2n) is 4.12. The molecule has 0 aromatic carbocycles. The van der Waals surface area contributed by atoms with Crippen LogP contribution in [-0.2, 0) is 53.8 Å². The second-order valence-corrected chi connectivity index (χ2v) is 4.12. The first kappa shape index (κ1) is 17.2. The number of piperidine rings is 1. The molecular weight excluding hydrogens is 407 g/mol. The van der Waals surface area contributed by atoms with Gasteiger partial charge in [0.2, 0.25) is 0 Å². The number of hydrogen-bond acceptors (Lipinski definition) is 1. The van der Waals surface area contributed by atoms with E-state index in [1.54, 1.807) is 0 Å². The van der Waals surface area contributed by atoms with E-state index in [-0.39, 0.29) is 61.2 Å². The van der Waals surface area contributed by atoms with Crippen molar-refractivity contribution in [3.8, 4) is 0 Å². The summed E-state index contributed by atoms with van der Waals surface area (Å²) in [7, 11) is 4.00. The van der Waals surface area contributed by atoms with E-state index in [9.17, 15) is 0 Å². The summed E-state index contributed by atoms with van der Waals surface area (Å²) in [5.41, 5.74) is 0.722. The van der Waals surface area contributed by atoms with Gasteiger partial charge in [0.05, 0.1) is 0 Å². The maximum atomic E-state index is 4.00. The van der Waals surface area contributed by atoms with Gasteiger partial charge in [0.1, 0.15) is 0 Å². The molecule has 1 spiro atoms. The molecule has 2 atom stereocenters. The van der Waals surface area contributed by atoms with Crippen molar-refractivity contribution in [2.24, 2.45) is 11.3 Å². The Bertz CT molecular complexity index is 154. The van der Waals surface area contributed by atoms with Crippen molar-refractivity contribution in [1.29, 1.82) is 0 Å². The van der Waals surface area contributed by atoms with Crippen LogP contribution in [0.2, 0.25) is 0 Å². The first-order valence-corrected chi connectivity index (χ1v) is 4.28. The van der Waals surface area contributed by atoms with Crippen LogP contribution in [0.25, 0.3) is 0 Å². The molecule has 0 unspecified atom stereocenters. The molecule has 73 valence electrons. The average Bonchev–Trinajstić information content (AvgIpc) is 2.41. The normalized spacial score (nSPS) is 36.9. The van der Waals surface area contributed by atoms with Crippen LogP contribution < -0.4 is 0 Å². The average molecular weight is 426 g/mol. The van der Waals surface area contributed by atoms with E-state index in [1.807, 2.05) is 0 Å². The van der Waals surface area contributed by atoms with Gasteiger partial charge in [0, 0.05) is 32.7 Å². The molecule has 0 amide bonds. The first-order chi connectivity index (χ1) is 4.73. The van der Waals surface area contributed by atoms with Crippen LogP contribution in [-0.4, -0.2) is 18.0 Å². The Hall–Kier alpha value is 1.75. The van der Waals surface area contributed by atoms with Crippen molar-refractivity contribution in [3.63, 3.8) is 0 Å². The molecule has 1 aliphatic carbocycles. The first-order valence-electron chi connectivity index (χ1n) is 4.28. The monoisotopic (exact) mass is 426 g/mol. The second kappa shape index (κ2) is 6.36. The zero-order chi connectivity index (χ0) is 7.19. The summed E-state index contributed by atoms with van der Waals surface area (Å²) in [6.07, 6.45) is 4.28. The third-order valence-electron chi connectivity index (χ3n) is 3.29. The van der Waals surface area contributed by atoms with Crippen molar-refractivity contribution in [2.75, 3.05) is 13.1 Å². The van der Waals surface area contributed by atoms with Crippen LogP contribution >= 0.6 is 0 Å². The maximum Gasteiger partial charge on any atom is 2.00 e. The van der Waals surface area contributed by atoms with Gasteiger partial charge in [0.25, 0.3) is 0 Å². The van der Waals surface area contributed by atoms with Crippen LogP contribution in [0.15, 0.2) is 0 Å². The van der Waals surface area contributed by atoms with E-state index in [1.165, 1.54) is 32.4 Å². The minimum Gasteiger partial charge on any atom is -0.459 e. The Morgan fingerprint density at radius 1 is 1.46 bits per heavy atom. The largest absolute Gasteiger partial charge is 2.00 e. The Morgan fingerprint density at radius 3 is 2.31 bits per heavy atom. The van der Waals surface area contributed by atoms with E-state index >= 15 is 0 Å². The minimum absolute atomic E-state index is 0. The quantitative estimate of drug-likeness (QED) is 0.538. The van der Waals surface area contributed by atoms with Gasteiger partial charge in [-0.05, 0) is 43.7 Å². The van der Waals surface area contributed by atoms with E-state index in [0.717, 1.165) is 11.3 Å². The number of nitrogens with zero attached hydrogens (tertiary/aromatic N) is 1. The molecule has 0 aromatic rings. The predicted octanol–water partition coefficient (Wildman–Crippen LogP) is 2.35. The summed E-state index contributed by atoms with van der Waals surface area (Å²) in [4.78, 5) is 2.24. The van der Waals surface area contributed by atoms with Gasteiger partial charge < -0.3 is 12.3 Å². The van der Waals surface area contributed by atoms with Gasteiger partial charge in [-0.3, -0.25) is 7.05 Å². The molecule has 1 radical (unpaired) electrons. The number of likely N-dealkylation sites (tertiary alicyclic amines) is 1. The molecule has 1 aliphatic heterocycles. The van der Waals surface area contributed by atoms with Crippen LogP contribution in [0.1, 0.15) is 26.2 Å². The van der Waals surface area contributed by atoms with Gasteiger partial charge in [0.15, 0.2) is 0 Å². The molecule has 0 N–H and O–H groups in total. The van der Waals surface area contributed by atoms with Crippen LogP contribution in [0.3, 0.4) is 0 Å². The van der Waals surface area contributed by atoms with E-state index < -0.39 is 0 Å². The molecule has 1 saturated heterocycles. The fourth-order valence-corrected chi connectivity index (χ4v) is 2.38. The standard InChI is InChI=1S/C9H16N.CH3.W.Y/c1-8-6-9(8)4-3-5-10(2)7-9;;;/h8H,2-7H2,1H3;1H3;;/q2*-1;+2;/t8-,9+;;;/m1.../s1. The predicted molar refractivity (Wildman–Crippen MR) is 48.8 cm³/mol. The molecule has 1 saturated carbocycles. The van der Waals surface area contributed by atoms with Crippen molar-refractivity contribution in [1.82, 2.24) is 4.90 Å². The number of hydrogen-bond donors (Lipinski definition) is 0. The molecule has 1 heterocycles. The molecule has 2 fully saturated rings. The van der Waals surface area contributed by atoms with Crippen molar-refractivity contribution in [2.45, 2.75) is 26.2 Å². The fraction of sp³-hybridized carbons (Fsp3) is 0.800. The Balaban J connectivity index is 0. The maximum absolute atomic E-state index is 4.00. The van der Waals surface area contributed by atoms with Gasteiger partial charge >= 0.3 is 21.1 Å². The van der Waals surface area contributed by atoms with E-state index in [0.29, 0.717) is 0 Å². The Kier molecular flexibility index (Phi) is 8.39. The third-order valence-corrected chi connectivity index (χ3v) is 3.29. The molecular formula is C10H19NWY. The molecule has 0 aromatic heterocycles. The summed E-state index contributed by atoms with van der Waals surface area (Å²) in [6, 6.07) is 0. The summed E-state index contributed by atoms with van der Waals surface area (Å²) in [5.74, 6) is 0.983. The van der Waals surface area contributed by atoms with Crippen LogP contribution in [0, 0.1) is 25.8 Å². The third kappa shape index (κ3) is 3.67. The minimum atomic E-state index is 0. The smallest absolute Gasteiger partial charge is 0.459 e. The van der Waals surface area contributed by atoms with E-state index in [2.05, 4.69) is 18.9 Å². The van der Waals surface area contributed by atoms with Crippen molar-refractivity contribution >= 4 is 0 Å². The fourth-order valence-electron chi connectivity index (χ4n) is 2.38. The molecule has 0 bridgehead atoms. The zero-order valence-corrected chi connectivity index (χ0v) is 14.5. The van der Waals surface area contributed by atoms with Crippen LogP contribution in [0.5, 0.6) is 0 Å². The SMILES string of the molecule is [CH2-]N1CCC[C@]2(C[C@H]2C)C1.[CH3-].[W+2].[Y]. The topological polar surface area (TPSA) is 3.24 Å². The summed E-state index contributed by atoms with van der Waals surface area (Å²) >= 11 is 0. The number of rotatable bonds is 0. The van der Waals surface area contributed by atoms with Crippen molar-refractivity contribution in [3.05, 3.63) is 14.5 Å². The van der Waals surface area contributed by atoms with Gasteiger partial charge in [-0.25, -0.2) is 0 Å². The summed E-state index contributed by atoms with van der Waals surface area (Å²) < 4.78 is 0. The molecule has 2 rings (SSSR count). The van der Waals surface area contributed by atoms with Gasteiger partial charge in [-0.15, -0.1) is 0 Å². The molecule has 2 aliphatic rings. The zero-order valence-electron chi connectivity index (χ0n) is 8.75. The van der Waals surface area contributed by atoms with Crippen LogP contribution in [0.4, 0.5) is 0 Å². The molecule has 3 heteroatoms. The van der Waals surface area contributed by atoms with Gasteiger partial charge in [-0.2, -0.15) is 0 Å².